The van der Waals surface area contributed by atoms with E-state index < -0.39 is 0 Å². The molecule has 0 aliphatic heterocycles. The standard InChI is InChI=1S/C10H11N3O2/c1-3-9(14)15-8-5-4-7-10(6(8)2)12-13-11-7/h4-5H,3H2,1-2H3,(H,11,12,13). The van der Waals surface area contributed by atoms with Gasteiger partial charge in [0.25, 0.3) is 0 Å². The zero-order valence-electron chi connectivity index (χ0n) is 8.57. The topological polar surface area (TPSA) is 67.9 Å². The number of aromatic amines is 1. The number of fused-ring (bicyclic) bond motifs is 1. The largest absolute Gasteiger partial charge is 0.426 e. The Bertz CT molecular complexity index is 504. The Kier molecular flexibility index (Phi) is 2.37. The molecular weight excluding hydrogens is 194 g/mol. The molecule has 0 saturated carbocycles. The van der Waals surface area contributed by atoms with Crippen LogP contribution in [0.5, 0.6) is 5.75 Å². The van der Waals surface area contributed by atoms with Gasteiger partial charge in [-0.25, -0.2) is 0 Å². The Morgan fingerprint density at radius 1 is 1.53 bits per heavy atom. The summed E-state index contributed by atoms with van der Waals surface area (Å²) < 4.78 is 5.15. The number of aromatic nitrogens is 3. The van der Waals surface area contributed by atoms with Gasteiger partial charge in [0.2, 0.25) is 0 Å². The second kappa shape index (κ2) is 3.68. The number of esters is 1. The third kappa shape index (κ3) is 1.68. The average Bonchev–Trinajstić information content (AvgIpc) is 2.70. The van der Waals surface area contributed by atoms with Gasteiger partial charge in [0.05, 0.1) is 5.52 Å². The van der Waals surface area contributed by atoms with Crippen molar-refractivity contribution in [3.8, 4) is 5.75 Å². The first-order chi connectivity index (χ1) is 7.22. The van der Waals surface area contributed by atoms with Crippen molar-refractivity contribution >= 4 is 17.0 Å². The minimum absolute atomic E-state index is 0.249. The summed E-state index contributed by atoms with van der Waals surface area (Å²) in [5, 5.41) is 10.4. The number of carbonyl (C=O) groups excluding carboxylic acids is 1. The predicted octanol–water partition coefficient (Wildman–Crippen LogP) is 1.58. The van der Waals surface area contributed by atoms with E-state index in [9.17, 15) is 4.79 Å². The van der Waals surface area contributed by atoms with Crippen molar-refractivity contribution in [2.75, 3.05) is 0 Å². The van der Waals surface area contributed by atoms with Crippen molar-refractivity contribution in [3.05, 3.63) is 17.7 Å². The van der Waals surface area contributed by atoms with Crippen LogP contribution in [0.15, 0.2) is 12.1 Å². The molecule has 0 amide bonds. The number of nitrogens with one attached hydrogen (secondary N) is 1. The van der Waals surface area contributed by atoms with E-state index in [1.54, 1.807) is 19.1 Å². The Balaban J connectivity index is 2.43. The van der Waals surface area contributed by atoms with Crippen LogP contribution in [0.2, 0.25) is 0 Å². The number of ether oxygens (including phenoxy) is 1. The summed E-state index contributed by atoms with van der Waals surface area (Å²) in [7, 11) is 0. The lowest BCUT2D eigenvalue weighted by Gasteiger charge is -2.05. The number of benzene rings is 1. The van der Waals surface area contributed by atoms with Gasteiger partial charge < -0.3 is 4.74 Å². The van der Waals surface area contributed by atoms with Gasteiger partial charge >= 0.3 is 5.97 Å². The van der Waals surface area contributed by atoms with Gasteiger partial charge in [-0.2, -0.15) is 0 Å². The van der Waals surface area contributed by atoms with Gasteiger partial charge in [0.15, 0.2) is 0 Å². The lowest BCUT2D eigenvalue weighted by molar-refractivity contribution is -0.134. The first-order valence-electron chi connectivity index (χ1n) is 4.73. The normalized spacial score (nSPS) is 10.5. The molecule has 1 aromatic heterocycles. The molecule has 0 aliphatic rings. The summed E-state index contributed by atoms with van der Waals surface area (Å²) in [5.41, 5.74) is 2.39. The second-order valence-electron chi connectivity index (χ2n) is 3.22. The fourth-order valence-electron chi connectivity index (χ4n) is 1.33. The summed E-state index contributed by atoms with van der Waals surface area (Å²) in [6.07, 6.45) is 0.357. The summed E-state index contributed by atoms with van der Waals surface area (Å²) >= 11 is 0. The van der Waals surface area contributed by atoms with Crippen molar-refractivity contribution in [2.45, 2.75) is 20.3 Å². The molecule has 0 fully saturated rings. The van der Waals surface area contributed by atoms with Gasteiger partial charge in [-0.15, -0.1) is 5.10 Å². The number of rotatable bonds is 2. The molecule has 2 rings (SSSR count). The first-order valence-corrected chi connectivity index (χ1v) is 4.73. The Labute approximate surface area is 86.4 Å². The van der Waals surface area contributed by atoms with Gasteiger partial charge in [0, 0.05) is 12.0 Å². The van der Waals surface area contributed by atoms with E-state index in [4.69, 9.17) is 4.74 Å². The van der Waals surface area contributed by atoms with Crippen LogP contribution in [-0.2, 0) is 4.79 Å². The van der Waals surface area contributed by atoms with Crippen LogP contribution < -0.4 is 4.74 Å². The molecule has 0 unspecified atom stereocenters. The lowest BCUT2D eigenvalue weighted by Crippen LogP contribution is -2.06. The third-order valence-electron chi connectivity index (χ3n) is 2.21. The van der Waals surface area contributed by atoms with Gasteiger partial charge in [0.1, 0.15) is 11.3 Å². The summed E-state index contributed by atoms with van der Waals surface area (Å²) in [4.78, 5) is 11.1. The molecule has 0 atom stereocenters. The molecule has 15 heavy (non-hydrogen) atoms. The zero-order chi connectivity index (χ0) is 10.8. The van der Waals surface area contributed by atoms with Crippen LogP contribution in [0.4, 0.5) is 0 Å². The molecule has 5 heteroatoms. The van der Waals surface area contributed by atoms with Crippen LogP contribution in [0.25, 0.3) is 11.0 Å². The average molecular weight is 205 g/mol. The fraction of sp³-hybridized carbons (Fsp3) is 0.300. The van der Waals surface area contributed by atoms with Crippen molar-refractivity contribution in [3.63, 3.8) is 0 Å². The number of nitrogens with zero attached hydrogens (tertiary/aromatic N) is 2. The van der Waals surface area contributed by atoms with Crippen molar-refractivity contribution < 1.29 is 9.53 Å². The molecule has 78 valence electrons. The van der Waals surface area contributed by atoms with E-state index in [1.807, 2.05) is 6.92 Å². The van der Waals surface area contributed by atoms with E-state index >= 15 is 0 Å². The maximum atomic E-state index is 11.1. The summed E-state index contributed by atoms with van der Waals surface area (Å²) in [5.74, 6) is 0.296. The molecule has 0 saturated heterocycles. The van der Waals surface area contributed by atoms with Crippen LogP contribution in [0, 0.1) is 6.92 Å². The van der Waals surface area contributed by atoms with E-state index in [0.29, 0.717) is 12.2 Å². The number of hydrogen-bond acceptors (Lipinski definition) is 4. The highest BCUT2D eigenvalue weighted by Gasteiger charge is 2.09. The smallest absolute Gasteiger partial charge is 0.310 e. The maximum absolute atomic E-state index is 11.1. The number of hydrogen-bond donors (Lipinski definition) is 1. The Hall–Kier alpha value is -1.91. The van der Waals surface area contributed by atoms with E-state index in [1.165, 1.54) is 0 Å². The quantitative estimate of drug-likeness (QED) is 0.597. The zero-order valence-corrected chi connectivity index (χ0v) is 8.57. The molecule has 0 radical (unpaired) electrons. The molecule has 0 aliphatic carbocycles. The molecule has 0 spiro atoms. The van der Waals surface area contributed by atoms with Crippen molar-refractivity contribution in [1.82, 2.24) is 15.4 Å². The van der Waals surface area contributed by atoms with E-state index in [2.05, 4.69) is 15.4 Å². The minimum Gasteiger partial charge on any atom is -0.426 e. The van der Waals surface area contributed by atoms with Gasteiger partial charge in [-0.3, -0.25) is 9.89 Å². The first kappa shape index (κ1) is 9.64. The monoisotopic (exact) mass is 205 g/mol. The molecule has 1 aromatic carbocycles. The molecular formula is C10H11N3O2. The van der Waals surface area contributed by atoms with Crippen LogP contribution in [0.3, 0.4) is 0 Å². The van der Waals surface area contributed by atoms with Crippen LogP contribution >= 0.6 is 0 Å². The van der Waals surface area contributed by atoms with E-state index in [-0.39, 0.29) is 5.97 Å². The molecule has 0 bridgehead atoms. The van der Waals surface area contributed by atoms with Crippen molar-refractivity contribution in [1.29, 1.82) is 0 Å². The highest BCUT2D eigenvalue weighted by Crippen LogP contribution is 2.24. The number of H-pyrrole nitrogens is 1. The molecule has 1 heterocycles. The maximum Gasteiger partial charge on any atom is 0.310 e. The van der Waals surface area contributed by atoms with Crippen LogP contribution in [0.1, 0.15) is 18.9 Å². The van der Waals surface area contributed by atoms with Crippen LogP contribution in [-0.4, -0.2) is 21.4 Å². The lowest BCUT2D eigenvalue weighted by atomic mass is 10.2. The molecule has 5 nitrogen and oxygen atoms in total. The van der Waals surface area contributed by atoms with Gasteiger partial charge in [-0.05, 0) is 19.1 Å². The predicted molar refractivity (Wildman–Crippen MR) is 54.6 cm³/mol. The third-order valence-corrected chi connectivity index (χ3v) is 2.21. The number of carbonyl (C=O) groups is 1. The number of aryl methyl sites for hydroxylation is 1. The SMILES string of the molecule is CCC(=O)Oc1ccc2[nH]nnc2c1C. The Morgan fingerprint density at radius 3 is 3.07 bits per heavy atom. The second-order valence-corrected chi connectivity index (χ2v) is 3.22. The van der Waals surface area contributed by atoms with Gasteiger partial charge in [-0.1, -0.05) is 12.1 Å². The minimum atomic E-state index is -0.249. The highest BCUT2D eigenvalue weighted by molar-refractivity contribution is 5.81. The fourth-order valence-corrected chi connectivity index (χ4v) is 1.33. The molecule has 2 aromatic rings. The Morgan fingerprint density at radius 2 is 2.33 bits per heavy atom. The summed E-state index contributed by atoms with van der Waals surface area (Å²) in [6, 6.07) is 3.53. The highest BCUT2D eigenvalue weighted by atomic mass is 16.5. The van der Waals surface area contributed by atoms with Crippen molar-refractivity contribution in [2.24, 2.45) is 0 Å². The summed E-state index contributed by atoms with van der Waals surface area (Å²) in [6.45, 7) is 3.61. The molecule has 1 N–H and O–H groups in total. The van der Waals surface area contributed by atoms with E-state index in [0.717, 1.165) is 16.6 Å².